The van der Waals surface area contributed by atoms with Crippen molar-refractivity contribution in [1.82, 2.24) is 20.3 Å². The van der Waals surface area contributed by atoms with Gasteiger partial charge >= 0.3 is 0 Å². The zero-order valence-corrected chi connectivity index (χ0v) is 17.5. The highest BCUT2D eigenvalue weighted by Gasteiger charge is 2.31. The first kappa shape index (κ1) is 21.1. The average molecular weight is 402 g/mol. The van der Waals surface area contributed by atoms with Crippen molar-refractivity contribution in [1.29, 1.82) is 0 Å². The molecule has 2 rings (SSSR count). The van der Waals surface area contributed by atoms with Crippen molar-refractivity contribution in [3.05, 3.63) is 22.4 Å². The highest BCUT2D eigenvalue weighted by atomic mass is 32.2. The van der Waals surface area contributed by atoms with E-state index < -0.39 is 10.0 Å². The van der Waals surface area contributed by atoms with Gasteiger partial charge in [0.2, 0.25) is 10.0 Å². The van der Waals surface area contributed by atoms with Gasteiger partial charge in [-0.15, -0.1) is 11.3 Å². The number of hydrogen-bond donors (Lipinski definition) is 3. The van der Waals surface area contributed by atoms with E-state index >= 15 is 0 Å². The van der Waals surface area contributed by atoms with Gasteiger partial charge in [-0.1, -0.05) is 6.07 Å². The Kier molecular flexibility index (Phi) is 8.33. The first-order valence-electron chi connectivity index (χ1n) is 9.12. The lowest BCUT2D eigenvalue weighted by atomic mass is 9.88. The summed E-state index contributed by atoms with van der Waals surface area (Å²) < 4.78 is 25.4. The maximum atomic E-state index is 11.4. The van der Waals surface area contributed by atoms with Crippen LogP contribution >= 0.6 is 11.3 Å². The molecule has 0 aliphatic carbocycles. The molecular weight excluding hydrogens is 370 g/mol. The molecular formula is C17H31N5O2S2. The van der Waals surface area contributed by atoms with Crippen LogP contribution in [-0.4, -0.2) is 65.3 Å². The van der Waals surface area contributed by atoms with E-state index in [1.807, 2.05) is 11.3 Å². The predicted molar refractivity (Wildman–Crippen MR) is 109 cm³/mol. The summed E-state index contributed by atoms with van der Waals surface area (Å²) >= 11 is 1.82. The van der Waals surface area contributed by atoms with E-state index in [2.05, 4.69) is 49.8 Å². The average Bonchev–Trinajstić information content (AvgIpc) is 3.15. The molecule has 1 aromatic heterocycles. The number of nitrogens with one attached hydrogen (secondary N) is 3. The molecule has 0 saturated carbocycles. The first-order chi connectivity index (χ1) is 12.5. The number of guanidine groups is 1. The first-order valence-corrected chi connectivity index (χ1v) is 11.7. The molecule has 0 aromatic carbocycles. The molecule has 2 heterocycles. The molecule has 9 heteroatoms. The second kappa shape index (κ2) is 10.2. The van der Waals surface area contributed by atoms with Gasteiger partial charge in [0.15, 0.2) is 5.96 Å². The molecule has 26 heavy (non-hydrogen) atoms. The van der Waals surface area contributed by atoms with Gasteiger partial charge in [0.05, 0.1) is 5.75 Å². The SMILES string of the molecule is CCS(=O)(=O)NCCNC(=NC)NCC1CCCN(C)C1c1cccs1. The monoisotopic (exact) mass is 401 g/mol. The van der Waals surface area contributed by atoms with E-state index in [1.54, 1.807) is 14.0 Å². The third-order valence-corrected chi connectivity index (χ3v) is 7.06. The molecule has 1 fully saturated rings. The maximum absolute atomic E-state index is 11.4. The van der Waals surface area contributed by atoms with Crippen LogP contribution in [0, 0.1) is 5.92 Å². The van der Waals surface area contributed by atoms with E-state index in [0.717, 1.165) is 13.1 Å². The van der Waals surface area contributed by atoms with E-state index in [1.165, 1.54) is 17.7 Å². The van der Waals surface area contributed by atoms with Crippen LogP contribution in [-0.2, 0) is 10.0 Å². The van der Waals surface area contributed by atoms with Crippen molar-refractivity contribution in [2.75, 3.05) is 46.0 Å². The molecule has 0 bridgehead atoms. The third kappa shape index (κ3) is 6.22. The highest BCUT2D eigenvalue weighted by Crippen LogP contribution is 2.36. The quantitative estimate of drug-likeness (QED) is 0.347. The van der Waals surface area contributed by atoms with Crippen molar-refractivity contribution in [3.8, 4) is 0 Å². The van der Waals surface area contributed by atoms with E-state index in [4.69, 9.17) is 0 Å². The molecule has 148 valence electrons. The van der Waals surface area contributed by atoms with Crippen molar-refractivity contribution in [3.63, 3.8) is 0 Å². The Balaban J connectivity index is 1.83. The topological polar surface area (TPSA) is 85.8 Å². The van der Waals surface area contributed by atoms with Gasteiger partial charge in [0.1, 0.15) is 0 Å². The summed E-state index contributed by atoms with van der Waals surface area (Å²) in [7, 11) is 0.783. The lowest BCUT2D eigenvalue weighted by Crippen LogP contribution is -2.46. The van der Waals surface area contributed by atoms with Crippen LogP contribution in [0.3, 0.4) is 0 Å². The molecule has 0 spiro atoms. The normalized spacial score (nSPS) is 22.3. The zero-order valence-electron chi connectivity index (χ0n) is 15.9. The minimum Gasteiger partial charge on any atom is -0.356 e. The summed E-state index contributed by atoms with van der Waals surface area (Å²) in [4.78, 5) is 8.09. The number of nitrogens with zero attached hydrogens (tertiary/aromatic N) is 2. The number of sulfonamides is 1. The molecule has 1 saturated heterocycles. The Morgan fingerprint density at radius 1 is 1.38 bits per heavy atom. The van der Waals surface area contributed by atoms with Gasteiger partial charge in [-0.3, -0.25) is 9.89 Å². The van der Waals surface area contributed by atoms with Crippen LogP contribution in [0.25, 0.3) is 0 Å². The minimum absolute atomic E-state index is 0.0965. The van der Waals surface area contributed by atoms with Crippen LogP contribution < -0.4 is 15.4 Å². The number of hydrogen-bond acceptors (Lipinski definition) is 5. The lowest BCUT2D eigenvalue weighted by molar-refractivity contribution is 0.125. The second-order valence-electron chi connectivity index (χ2n) is 6.52. The summed E-state index contributed by atoms with van der Waals surface area (Å²) in [6, 6.07) is 4.77. The largest absolute Gasteiger partial charge is 0.356 e. The molecule has 0 amide bonds. The molecule has 1 aliphatic rings. The Labute approximate surface area is 161 Å². The van der Waals surface area contributed by atoms with Crippen molar-refractivity contribution >= 4 is 27.3 Å². The van der Waals surface area contributed by atoms with Gasteiger partial charge in [-0.05, 0) is 50.7 Å². The summed E-state index contributed by atoms with van der Waals surface area (Å²) in [5.74, 6) is 1.32. The molecule has 2 atom stereocenters. The Morgan fingerprint density at radius 3 is 2.85 bits per heavy atom. The Bertz CT molecular complexity index is 661. The van der Waals surface area contributed by atoms with E-state index in [9.17, 15) is 8.42 Å². The second-order valence-corrected chi connectivity index (χ2v) is 9.60. The van der Waals surface area contributed by atoms with Crippen LogP contribution in [0.1, 0.15) is 30.7 Å². The van der Waals surface area contributed by atoms with Crippen LogP contribution in [0.15, 0.2) is 22.5 Å². The van der Waals surface area contributed by atoms with Gasteiger partial charge in [-0.2, -0.15) is 0 Å². The highest BCUT2D eigenvalue weighted by molar-refractivity contribution is 7.89. The number of likely N-dealkylation sites (tertiary alicyclic amines) is 1. The maximum Gasteiger partial charge on any atom is 0.211 e. The molecule has 1 aliphatic heterocycles. The zero-order chi connectivity index (χ0) is 19.0. The number of piperidine rings is 1. The minimum atomic E-state index is -3.15. The Hall–Kier alpha value is -1.16. The smallest absolute Gasteiger partial charge is 0.211 e. The lowest BCUT2D eigenvalue weighted by Gasteiger charge is -2.39. The van der Waals surface area contributed by atoms with Crippen LogP contribution in [0.2, 0.25) is 0 Å². The molecule has 7 nitrogen and oxygen atoms in total. The molecule has 0 radical (unpaired) electrons. The number of rotatable bonds is 8. The fourth-order valence-electron chi connectivity index (χ4n) is 3.32. The molecule has 1 aromatic rings. The summed E-state index contributed by atoms with van der Waals surface area (Å²) in [5.41, 5.74) is 0. The fraction of sp³-hybridized carbons (Fsp3) is 0.706. The standard InChI is InChI=1S/C17H31N5O2S2/c1-4-26(23,24)21-10-9-19-17(18-2)20-13-14-7-5-11-22(3)16(14)15-8-6-12-25-15/h6,8,12,14,16,21H,4-5,7,9-11,13H2,1-3H3,(H2,18,19,20). The Morgan fingerprint density at radius 2 is 2.19 bits per heavy atom. The summed E-state index contributed by atoms with van der Waals surface area (Å²) in [6.45, 7) is 4.44. The van der Waals surface area contributed by atoms with Crippen molar-refractivity contribution in [2.45, 2.75) is 25.8 Å². The van der Waals surface area contributed by atoms with Gasteiger partial charge in [-0.25, -0.2) is 13.1 Å². The van der Waals surface area contributed by atoms with Crippen molar-refractivity contribution in [2.24, 2.45) is 10.9 Å². The molecule has 2 unspecified atom stereocenters. The molecule has 3 N–H and O–H groups in total. The number of thiophene rings is 1. The van der Waals surface area contributed by atoms with E-state index in [-0.39, 0.29) is 5.75 Å². The van der Waals surface area contributed by atoms with Crippen LogP contribution in [0.4, 0.5) is 0 Å². The number of aliphatic imine (C=N–C) groups is 1. The van der Waals surface area contributed by atoms with Gasteiger partial charge < -0.3 is 10.6 Å². The van der Waals surface area contributed by atoms with Gasteiger partial charge in [0.25, 0.3) is 0 Å². The van der Waals surface area contributed by atoms with Crippen LogP contribution in [0.5, 0.6) is 0 Å². The fourth-order valence-corrected chi connectivity index (χ4v) is 4.92. The van der Waals surface area contributed by atoms with Crippen molar-refractivity contribution < 1.29 is 8.42 Å². The third-order valence-electron chi connectivity index (χ3n) is 4.72. The van der Waals surface area contributed by atoms with Gasteiger partial charge in [0, 0.05) is 37.6 Å². The van der Waals surface area contributed by atoms with E-state index in [0.29, 0.717) is 31.0 Å². The summed E-state index contributed by atoms with van der Waals surface area (Å²) in [5, 5.41) is 8.71. The summed E-state index contributed by atoms with van der Waals surface area (Å²) in [6.07, 6.45) is 2.39. The predicted octanol–water partition coefficient (Wildman–Crippen LogP) is 1.24.